The predicted molar refractivity (Wildman–Crippen MR) is 89.7 cm³/mol. The van der Waals surface area contributed by atoms with Gasteiger partial charge in [-0.25, -0.2) is 0 Å². The van der Waals surface area contributed by atoms with Crippen molar-refractivity contribution in [1.29, 1.82) is 0 Å². The van der Waals surface area contributed by atoms with Gasteiger partial charge in [0, 0.05) is 11.8 Å². The number of hydrogen-bond acceptors (Lipinski definition) is 5. The van der Waals surface area contributed by atoms with Gasteiger partial charge in [-0.1, -0.05) is 6.07 Å². The van der Waals surface area contributed by atoms with E-state index in [1.165, 1.54) is 6.20 Å². The van der Waals surface area contributed by atoms with Gasteiger partial charge in [0.05, 0.1) is 12.8 Å². The summed E-state index contributed by atoms with van der Waals surface area (Å²) in [6, 6.07) is 13.8. The summed E-state index contributed by atoms with van der Waals surface area (Å²) in [4.78, 5) is 27.8. The first-order valence-electron chi connectivity index (χ1n) is 7.39. The van der Waals surface area contributed by atoms with Gasteiger partial charge in [0.15, 0.2) is 0 Å². The smallest absolute Gasteiger partial charge is 0.288 e. The standard InChI is InChI=1S/C17H15N5O3/c1-25-12-7-5-11(6-8-12)14-10-15(20-19-14)17(24)22-21-16(23)13-4-2-3-9-18-13/h2-10H,1H3,(H,19,20)(H,21,23)(H,22,24). The molecular weight excluding hydrogens is 322 g/mol. The summed E-state index contributed by atoms with van der Waals surface area (Å²) in [5.74, 6) is -0.296. The van der Waals surface area contributed by atoms with Crippen molar-refractivity contribution in [2.45, 2.75) is 0 Å². The highest BCUT2D eigenvalue weighted by molar-refractivity contribution is 5.97. The average Bonchev–Trinajstić information content (AvgIpc) is 3.17. The van der Waals surface area contributed by atoms with E-state index in [0.29, 0.717) is 5.69 Å². The number of amides is 2. The van der Waals surface area contributed by atoms with Gasteiger partial charge in [0.25, 0.3) is 11.8 Å². The number of aromatic nitrogens is 3. The number of nitrogens with one attached hydrogen (secondary N) is 3. The second-order valence-corrected chi connectivity index (χ2v) is 5.02. The maximum Gasteiger partial charge on any atom is 0.288 e. The number of hydrogen-bond donors (Lipinski definition) is 3. The van der Waals surface area contributed by atoms with Crippen molar-refractivity contribution < 1.29 is 14.3 Å². The zero-order chi connectivity index (χ0) is 17.6. The Bertz CT molecular complexity index is 875. The van der Waals surface area contributed by atoms with Crippen LogP contribution in [0.2, 0.25) is 0 Å². The van der Waals surface area contributed by atoms with Gasteiger partial charge in [-0.15, -0.1) is 0 Å². The molecule has 8 heteroatoms. The van der Waals surface area contributed by atoms with Gasteiger partial charge in [0.2, 0.25) is 0 Å². The summed E-state index contributed by atoms with van der Waals surface area (Å²) >= 11 is 0. The van der Waals surface area contributed by atoms with Crippen LogP contribution in [0.5, 0.6) is 5.75 Å². The lowest BCUT2D eigenvalue weighted by Crippen LogP contribution is -2.42. The summed E-state index contributed by atoms with van der Waals surface area (Å²) in [6.07, 6.45) is 1.49. The Hall–Kier alpha value is -3.68. The van der Waals surface area contributed by atoms with Crippen LogP contribution in [0.15, 0.2) is 54.7 Å². The first-order chi connectivity index (χ1) is 12.2. The Balaban J connectivity index is 1.63. The molecule has 0 saturated heterocycles. The quantitative estimate of drug-likeness (QED) is 0.626. The van der Waals surface area contributed by atoms with Crippen molar-refractivity contribution in [3.05, 3.63) is 66.1 Å². The minimum atomic E-state index is -0.517. The SMILES string of the molecule is COc1ccc(-c2cc(C(=O)NNC(=O)c3ccccn3)[nH]n2)cc1. The molecule has 3 rings (SSSR count). The maximum atomic E-state index is 12.1. The average molecular weight is 337 g/mol. The number of methoxy groups -OCH3 is 1. The normalized spacial score (nSPS) is 10.1. The van der Waals surface area contributed by atoms with Gasteiger partial charge in [0.1, 0.15) is 17.1 Å². The first-order valence-corrected chi connectivity index (χ1v) is 7.39. The molecule has 0 spiro atoms. The number of ether oxygens (including phenoxy) is 1. The second kappa shape index (κ2) is 7.26. The Morgan fingerprint density at radius 3 is 2.48 bits per heavy atom. The molecule has 0 aliphatic heterocycles. The molecule has 2 amide bonds. The third kappa shape index (κ3) is 3.81. The fourth-order valence-electron chi connectivity index (χ4n) is 2.09. The highest BCUT2D eigenvalue weighted by Gasteiger charge is 2.13. The third-order valence-electron chi connectivity index (χ3n) is 3.40. The van der Waals surface area contributed by atoms with Crippen LogP contribution in [0.4, 0.5) is 0 Å². The summed E-state index contributed by atoms with van der Waals surface area (Å²) in [5, 5.41) is 6.73. The number of carbonyl (C=O) groups is 2. The lowest BCUT2D eigenvalue weighted by Gasteiger charge is -2.05. The second-order valence-electron chi connectivity index (χ2n) is 5.02. The minimum absolute atomic E-state index is 0.200. The molecular formula is C17H15N5O3. The molecule has 0 atom stereocenters. The predicted octanol–water partition coefficient (Wildman–Crippen LogP) is 1.56. The van der Waals surface area contributed by atoms with Crippen molar-refractivity contribution in [3.63, 3.8) is 0 Å². The van der Waals surface area contributed by atoms with Gasteiger partial charge in [-0.05, 0) is 42.5 Å². The topological polar surface area (TPSA) is 109 Å². The van der Waals surface area contributed by atoms with Gasteiger partial charge < -0.3 is 4.74 Å². The van der Waals surface area contributed by atoms with Crippen molar-refractivity contribution in [1.82, 2.24) is 26.0 Å². The van der Waals surface area contributed by atoms with Crippen molar-refractivity contribution >= 4 is 11.8 Å². The number of pyridine rings is 1. The molecule has 0 fully saturated rings. The monoisotopic (exact) mass is 337 g/mol. The van der Waals surface area contributed by atoms with E-state index in [-0.39, 0.29) is 11.4 Å². The summed E-state index contributed by atoms with van der Waals surface area (Å²) in [7, 11) is 1.59. The Labute approximate surface area is 143 Å². The van der Waals surface area contributed by atoms with E-state index in [4.69, 9.17) is 4.74 Å². The molecule has 0 saturated carbocycles. The number of carbonyl (C=O) groups excluding carboxylic acids is 2. The highest BCUT2D eigenvalue weighted by Crippen LogP contribution is 2.20. The molecule has 0 aliphatic rings. The molecule has 8 nitrogen and oxygen atoms in total. The van der Waals surface area contributed by atoms with Crippen LogP contribution < -0.4 is 15.6 Å². The summed E-state index contributed by atoms with van der Waals surface area (Å²) < 4.78 is 5.10. The molecule has 2 heterocycles. The van der Waals surface area contributed by atoms with Crippen LogP contribution in [-0.2, 0) is 0 Å². The molecule has 0 radical (unpaired) electrons. The van der Waals surface area contributed by atoms with E-state index in [0.717, 1.165) is 11.3 Å². The zero-order valence-corrected chi connectivity index (χ0v) is 13.3. The Morgan fingerprint density at radius 1 is 1.04 bits per heavy atom. The molecule has 0 aliphatic carbocycles. The largest absolute Gasteiger partial charge is 0.497 e. The Kier molecular flexibility index (Phi) is 4.70. The van der Waals surface area contributed by atoms with Crippen LogP contribution in [0, 0.1) is 0 Å². The van der Waals surface area contributed by atoms with Gasteiger partial charge >= 0.3 is 0 Å². The third-order valence-corrected chi connectivity index (χ3v) is 3.40. The van der Waals surface area contributed by atoms with E-state index >= 15 is 0 Å². The summed E-state index contributed by atoms with van der Waals surface area (Å²) in [5.41, 5.74) is 6.45. The van der Waals surface area contributed by atoms with Crippen LogP contribution >= 0.6 is 0 Å². The van der Waals surface area contributed by atoms with E-state index in [2.05, 4.69) is 26.0 Å². The lowest BCUT2D eigenvalue weighted by molar-refractivity contribution is 0.0841. The molecule has 3 N–H and O–H groups in total. The zero-order valence-electron chi connectivity index (χ0n) is 13.3. The molecule has 25 heavy (non-hydrogen) atoms. The molecule has 3 aromatic rings. The number of nitrogens with zero attached hydrogens (tertiary/aromatic N) is 2. The number of benzene rings is 1. The number of H-pyrrole nitrogens is 1. The summed E-state index contributed by atoms with van der Waals surface area (Å²) in [6.45, 7) is 0. The maximum absolute atomic E-state index is 12.1. The van der Waals surface area contributed by atoms with E-state index in [1.54, 1.807) is 43.5 Å². The molecule has 0 unspecified atom stereocenters. The fourth-order valence-corrected chi connectivity index (χ4v) is 2.09. The van der Waals surface area contributed by atoms with Crippen molar-refractivity contribution in [2.24, 2.45) is 0 Å². The van der Waals surface area contributed by atoms with Crippen LogP contribution in [-0.4, -0.2) is 34.1 Å². The Morgan fingerprint density at radius 2 is 1.80 bits per heavy atom. The molecule has 2 aromatic heterocycles. The first kappa shape index (κ1) is 16.2. The van der Waals surface area contributed by atoms with E-state index in [9.17, 15) is 9.59 Å². The molecule has 1 aromatic carbocycles. The molecule has 0 bridgehead atoms. The fraction of sp³-hybridized carbons (Fsp3) is 0.0588. The highest BCUT2D eigenvalue weighted by atomic mass is 16.5. The van der Waals surface area contributed by atoms with Gasteiger partial charge in [-0.3, -0.25) is 30.5 Å². The molecule has 126 valence electrons. The number of hydrazine groups is 1. The lowest BCUT2D eigenvalue weighted by atomic mass is 10.1. The minimum Gasteiger partial charge on any atom is -0.497 e. The van der Waals surface area contributed by atoms with E-state index in [1.807, 2.05) is 12.1 Å². The van der Waals surface area contributed by atoms with Crippen LogP contribution in [0.25, 0.3) is 11.3 Å². The van der Waals surface area contributed by atoms with Crippen LogP contribution in [0.1, 0.15) is 21.0 Å². The number of rotatable bonds is 4. The van der Waals surface area contributed by atoms with Gasteiger partial charge in [-0.2, -0.15) is 5.10 Å². The van der Waals surface area contributed by atoms with Crippen molar-refractivity contribution in [3.8, 4) is 17.0 Å². The van der Waals surface area contributed by atoms with E-state index < -0.39 is 11.8 Å². The van der Waals surface area contributed by atoms with Crippen molar-refractivity contribution in [2.75, 3.05) is 7.11 Å². The van der Waals surface area contributed by atoms with Crippen LogP contribution in [0.3, 0.4) is 0 Å². The number of aromatic amines is 1.